The molecule has 114 valence electrons. The number of piperidine rings is 1. The number of ketones is 1. The van der Waals surface area contributed by atoms with Gasteiger partial charge in [-0.25, -0.2) is 0 Å². The Morgan fingerprint density at radius 3 is 2.55 bits per heavy atom. The molecule has 2 nitrogen and oxygen atoms in total. The molecule has 2 heteroatoms. The van der Waals surface area contributed by atoms with Crippen molar-refractivity contribution in [2.75, 3.05) is 13.1 Å². The summed E-state index contributed by atoms with van der Waals surface area (Å²) in [6.07, 6.45) is 2.12. The van der Waals surface area contributed by atoms with E-state index in [1.54, 1.807) is 0 Å². The van der Waals surface area contributed by atoms with E-state index in [-0.39, 0.29) is 5.92 Å². The standard InChI is InChI=1S/C20H23NO/c1-16-9-11-17(12-10-16)14-21-13-5-8-19(15-21)20(22)18-6-3-2-4-7-18/h2-4,6-7,9-12,19H,5,8,13-15H2,1H3. The Balaban J connectivity index is 1.64. The lowest BCUT2D eigenvalue weighted by atomic mass is 9.90. The van der Waals surface area contributed by atoms with Crippen molar-refractivity contribution in [2.45, 2.75) is 26.3 Å². The molecule has 2 aromatic carbocycles. The van der Waals surface area contributed by atoms with Crippen molar-refractivity contribution < 1.29 is 4.79 Å². The SMILES string of the molecule is Cc1ccc(CN2CCCC(C(=O)c3ccccc3)C2)cc1. The van der Waals surface area contributed by atoms with E-state index < -0.39 is 0 Å². The number of carbonyl (C=O) groups is 1. The predicted molar refractivity (Wildman–Crippen MR) is 90.0 cm³/mol. The highest BCUT2D eigenvalue weighted by Crippen LogP contribution is 2.22. The quantitative estimate of drug-likeness (QED) is 0.791. The molecule has 1 unspecified atom stereocenters. The van der Waals surface area contributed by atoms with E-state index >= 15 is 0 Å². The van der Waals surface area contributed by atoms with Crippen molar-refractivity contribution >= 4 is 5.78 Å². The molecule has 0 radical (unpaired) electrons. The molecule has 22 heavy (non-hydrogen) atoms. The van der Waals surface area contributed by atoms with Crippen LogP contribution in [0.4, 0.5) is 0 Å². The van der Waals surface area contributed by atoms with E-state index in [0.29, 0.717) is 5.78 Å². The zero-order valence-electron chi connectivity index (χ0n) is 13.2. The molecule has 3 rings (SSSR count). The zero-order chi connectivity index (χ0) is 15.4. The van der Waals surface area contributed by atoms with Gasteiger partial charge in [-0.3, -0.25) is 9.69 Å². The van der Waals surface area contributed by atoms with E-state index in [9.17, 15) is 4.79 Å². The highest BCUT2D eigenvalue weighted by molar-refractivity contribution is 5.98. The Morgan fingerprint density at radius 2 is 1.82 bits per heavy atom. The molecule has 1 aliphatic heterocycles. The van der Waals surface area contributed by atoms with Gasteiger partial charge in [-0.15, -0.1) is 0 Å². The summed E-state index contributed by atoms with van der Waals surface area (Å²) in [6.45, 7) is 5.02. The fraction of sp³-hybridized carbons (Fsp3) is 0.350. The number of carbonyl (C=O) groups excluding carboxylic acids is 1. The summed E-state index contributed by atoms with van der Waals surface area (Å²) in [4.78, 5) is 15.0. The molecule has 1 saturated heterocycles. The average molecular weight is 293 g/mol. The number of likely N-dealkylation sites (tertiary alicyclic amines) is 1. The van der Waals surface area contributed by atoms with Crippen LogP contribution in [0.2, 0.25) is 0 Å². The van der Waals surface area contributed by atoms with Crippen molar-refractivity contribution in [1.29, 1.82) is 0 Å². The second kappa shape index (κ2) is 6.89. The number of nitrogens with zero attached hydrogens (tertiary/aromatic N) is 1. The lowest BCUT2D eigenvalue weighted by molar-refractivity contribution is 0.0811. The minimum absolute atomic E-state index is 0.140. The number of Topliss-reactive ketones (excluding diaryl/α,β-unsaturated/α-hetero) is 1. The molecule has 0 aliphatic carbocycles. The number of hydrogen-bond donors (Lipinski definition) is 0. The lowest BCUT2D eigenvalue weighted by Crippen LogP contribution is -2.38. The van der Waals surface area contributed by atoms with Crippen LogP contribution in [0.5, 0.6) is 0 Å². The van der Waals surface area contributed by atoms with E-state index in [0.717, 1.165) is 38.0 Å². The molecule has 1 aliphatic rings. The molecule has 2 aromatic rings. The van der Waals surface area contributed by atoms with Crippen LogP contribution in [0.25, 0.3) is 0 Å². The summed E-state index contributed by atoms with van der Waals surface area (Å²) in [7, 11) is 0. The number of rotatable bonds is 4. The van der Waals surface area contributed by atoms with Gasteiger partial charge in [-0.05, 0) is 31.9 Å². The Kier molecular flexibility index (Phi) is 4.69. The first kappa shape index (κ1) is 15.0. The molecule has 1 atom stereocenters. The Hall–Kier alpha value is -1.93. The molecule has 0 saturated carbocycles. The first-order valence-electron chi connectivity index (χ1n) is 8.09. The van der Waals surface area contributed by atoms with Crippen LogP contribution < -0.4 is 0 Å². The van der Waals surface area contributed by atoms with Crippen LogP contribution >= 0.6 is 0 Å². The third-order valence-electron chi connectivity index (χ3n) is 4.46. The van der Waals surface area contributed by atoms with Gasteiger partial charge < -0.3 is 0 Å². The molecule has 0 bridgehead atoms. The maximum atomic E-state index is 12.6. The van der Waals surface area contributed by atoms with Crippen LogP contribution in [0.15, 0.2) is 54.6 Å². The predicted octanol–water partition coefficient (Wildman–Crippen LogP) is 4.09. The molecule has 1 fully saturated rings. The zero-order valence-corrected chi connectivity index (χ0v) is 13.2. The highest BCUT2D eigenvalue weighted by atomic mass is 16.1. The van der Waals surface area contributed by atoms with Gasteiger partial charge in [0, 0.05) is 24.6 Å². The van der Waals surface area contributed by atoms with Crippen molar-refractivity contribution in [3.8, 4) is 0 Å². The number of aryl methyl sites for hydroxylation is 1. The second-order valence-electron chi connectivity index (χ2n) is 6.29. The maximum Gasteiger partial charge on any atom is 0.167 e. The van der Waals surface area contributed by atoms with Crippen molar-refractivity contribution in [1.82, 2.24) is 4.90 Å². The van der Waals surface area contributed by atoms with E-state index in [1.807, 2.05) is 30.3 Å². The molecular formula is C20H23NO. The average Bonchev–Trinajstić information content (AvgIpc) is 2.57. The topological polar surface area (TPSA) is 20.3 Å². The molecule has 0 N–H and O–H groups in total. The third-order valence-corrected chi connectivity index (χ3v) is 4.46. The number of benzene rings is 2. The minimum atomic E-state index is 0.140. The smallest absolute Gasteiger partial charge is 0.167 e. The van der Waals surface area contributed by atoms with E-state index in [4.69, 9.17) is 0 Å². The molecule has 0 aromatic heterocycles. The fourth-order valence-corrected chi connectivity index (χ4v) is 3.20. The molecular weight excluding hydrogens is 270 g/mol. The van der Waals surface area contributed by atoms with Crippen molar-refractivity contribution in [3.63, 3.8) is 0 Å². The first-order valence-corrected chi connectivity index (χ1v) is 8.09. The van der Waals surface area contributed by atoms with Gasteiger partial charge >= 0.3 is 0 Å². The van der Waals surface area contributed by atoms with E-state index in [1.165, 1.54) is 11.1 Å². The summed E-state index contributed by atoms with van der Waals surface area (Å²) in [5, 5.41) is 0. The first-order chi connectivity index (χ1) is 10.7. The Morgan fingerprint density at radius 1 is 1.09 bits per heavy atom. The lowest BCUT2D eigenvalue weighted by Gasteiger charge is -2.32. The summed E-state index contributed by atoms with van der Waals surface area (Å²) < 4.78 is 0. The van der Waals surface area contributed by atoms with Gasteiger partial charge in [-0.2, -0.15) is 0 Å². The van der Waals surface area contributed by atoms with Gasteiger partial charge in [0.2, 0.25) is 0 Å². The molecule has 0 spiro atoms. The number of hydrogen-bond acceptors (Lipinski definition) is 2. The largest absolute Gasteiger partial charge is 0.298 e. The van der Waals surface area contributed by atoms with Crippen molar-refractivity contribution in [2.24, 2.45) is 5.92 Å². The summed E-state index contributed by atoms with van der Waals surface area (Å²) in [5.74, 6) is 0.441. The van der Waals surface area contributed by atoms with Crippen molar-refractivity contribution in [3.05, 3.63) is 71.3 Å². The van der Waals surface area contributed by atoms with Crippen LogP contribution in [-0.4, -0.2) is 23.8 Å². The Labute approximate surface area is 132 Å². The summed E-state index contributed by atoms with van der Waals surface area (Å²) in [6, 6.07) is 18.4. The minimum Gasteiger partial charge on any atom is -0.298 e. The van der Waals surface area contributed by atoms with Crippen LogP contribution in [0.3, 0.4) is 0 Å². The second-order valence-corrected chi connectivity index (χ2v) is 6.29. The molecule has 1 heterocycles. The van der Waals surface area contributed by atoms with Gasteiger partial charge in [0.25, 0.3) is 0 Å². The molecule has 0 amide bonds. The van der Waals surface area contributed by atoms with Gasteiger partial charge in [0.1, 0.15) is 0 Å². The van der Waals surface area contributed by atoms with Gasteiger partial charge in [0.05, 0.1) is 0 Å². The normalized spacial score (nSPS) is 19.0. The summed E-state index contributed by atoms with van der Waals surface area (Å²) in [5.41, 5.74) is 3.47. The monoisotopic (exact) mass is 293 g/mol. The Bertz CT molecular complexity index is 618. The van der Waals surface area contributed by atoms with Gasteiger partial charge in [0.15, 0.2) is 5.78 Å². The maximum absolute atomic E-state index is 12.6. The van der Waals surface area contributed by atoms with Crippen LogP contribution in [0.1, 0.15) is 34.3 Å². The summed E-state index contributed by atoms with van der Waals surface area (Å²) >= 11 is 0. The third kappa shape index (κ3) is 3.63. The van der Waals surface area contributed by atoms with Crippen LogP contribution in [0, 0.1) is 12.8 Å². The highest BCUT2D eigenvalue weighted by Gasteiger charge is 2.26. The van der Waals surface area contributed by atoms with Crippen LogP contribution in [-0.2, 0) is 6.54 Å². The fourth-order valence-electron chi connectivity index (χ4n) is 3.20. The van der Waals surface area contributed by atoms with E-state index in [2.05, 4.69) is 36.1 Å². The van der Waals surface area contributed by atoms with Gasteiger partial charge in [-0.1, -0.05) is 60.2 Å².